The Morgan fingerprint density at radius 1 is 1.15 bits per heavy atom. The molecular formula is C16H25NO2S. The van der Waals surface area contributed by atoms with E-state index in [0.717, 1.165) is 32.1 Å². The molecule has 112 valence electrons. The molecule has 1 aliphatic carbocycles. The van der Waals surface area contributed by atoms with Gasteiger partial charge in [-0.15, -0.1) is 0 Å². The Morgan fingerprint density at radius 3 is 2.15 bits per heavy atom. The topological polar surface area (TPSA) is 37.4 Å². The molecule has 3 nitrogen and oxygen atoms in total. The molecule has 0 atom stereocenters. The second-order valence-corrected chi connectivity index (χ2v) is 7.71. The molecule has 0 saturated heterocycles. The first-order valence-electron chi connectivity index (χ1n) is 7.59. The monoisotopic (exact) mass is 295 g/mol. The van der Waals surface area contributed by atoms with Gasteiger partial charge in [0.1, 0.15) is 0 Å². The highest BCUT2D eigenvalue weighted by atomic mass is 32.2. The number of benzene rings is 1. The fraction of sp³-hybridized carbons (Fsp3) is 0.625. The van der Waals surface area contributed by atoms with Gasteiger partial charge in [-0.1, -0.05) is 31.9 Å². The number of hydrogen-bond donors (Lipinski definition) is 0. The molecule has 1 aliphatic rings. The van der Waals surface area contributed by atoms with E-state index in [9.17, 15) is 8.42 Å². The summed E-state index contributed by atoms with van der Waals surface area (Å²) in [6.45, 7) is 6.01. The quantitative estimate of drug-likeness (QED) is 0.832. The molecule has 4 heteroatoms. The van der Waals surface area contributed by atoms with Crippen molar-refractivity contribution in [2.24, 2.45) is 0 Å². The molecule has 1 aromatic carbocycles. The van der Waals surface area contributed by atoms with E-state index in [4.69, 9.17) is 0 Å². The van der Waals surface area contributed by atoms with Crippen LogP contribution in [-0.2, 0) is 16.4 Å². The van der Waals surface area contributed by atoms with Gasteiger partial charge >= 0.3 is 0 Å². The molecule has 0 aliphatic heterocycles. The predicted molar refractivity (Wildman–Crippen MR) is 82.2 cm³/mol. The molecule has 2 rings (SSSR count). The Balaban J connectivity index is 2.33. The second kappa shape index (κ2) is 6.27. The van der Waals surface area contributed by atoms with Crippen molar-refractivity contribution in [3.05, 3.63) is 29.8 Å². The van der Waals surface area contributed by atoms with Gasteiger partial charge < -0.3 is 0 Å². The van der Waals surface area contributed by atoms with E-state index in [0.29, 0.717) is 4.90 Å². The highest BCUT2D eigenvalue weighted by molar-refractivity contribution is 7.89. The third kappa shape index (κ3) is 3.07. The van der Waals surface area contributed by atoms with Crippen LogP contribution < -0.4 is 0 Å². The third-order valence-electron chi connectivity index (χ3n) is 4.10. The first kappa shape index (κ1) is 15.5. The number of hydrogen-bond acceptors (Lipinski definition) is 2. The first-order chi connectivity index (χ1) is 9.46. The normalized spacial score (nSPS) is 17.2. The SMILES string of the molecule is CCc1ccc(S(=O)(=O)N(C(C)C)C2CCCC2)cc1. The Bertz CT molecular complexity index is 528. The van der Waals surface area contributed by atoms with Crippen LogP contribution in [0.1, 0.15) is 52.0 Å². The minimum absolute atomic E-state index is 0.00829. The molecule has 0 N–H and O–H groups in total. The number of rotatable bonds is 5. The third-order valence-corrected chi connectivity index (χ3v) is 6.24. The van der Waals surface area contributed by atoms with Crippen molar-refractivity contribution in [1.29, 1.82) is 0 Å². The van der Waals surface area contributed by atoms with Crippen LogP contribution in [0.25, 0.3) is 0 Å². The molecular weight excluding hydrogens is 270 g/mol. The van der Waals surface area contributed by atoms with Gasteiger partial charge in [0.2, 0.25) is 10.0 Å². The molecule has 0 amide bonds. The summed E-state index contributed by atoms with van der Waals surface area (Å²) in [4.78, 5) is 0.426. The molecule has 0 bridgehead atoms. The van der Waals surface area contributed by atoms with Gasteiger partial charge in [0.05, 0.1) is 4.90 Å². The Kier molecular flexibility index (Phi) is 4.86. The van der Waals surface area contributed by atoms with Crippen LogP contribution in [0, 0.1) is 0 Å². The lowest BCUT2D eigenvalue weighted by Gasteiger charge is -2.31. The van der Waals surface area contributed by atoms with Crippen molar-refractivity contribution in [2.45, 2.75) is 69.9 Å². The highest BCUT2D eigenvalue weighted by Crippen LogP contribution is 2.30. The maximum atomic E-state index is 12.9. The van der Waals surface area contributed by atoms with Crippen molar-refractivity contribution >= 4 is 10.0 Å². The number of nitrogens with zero attached hydrogens (tertiary/aromatic N) is 1. The van der Waals surface area contributed by atoms with Crippen LogP contribution in [0.4, 0.5) is 0 Å². The summed E-state index contributed by atoms with van der Waals surface area (Å²) in [6.07, 6.45) is 5.18. The van der Waals surface area contributed by atoms with Gasteiger partial charge in [-0.2, -0.15) is 4.31 Å². The van der Waals surface area contributed by atoms with Crippen LogP contribution in [-0.4, -0.2) is 24.8 Å². The average Bonchev–Trinajstić information content (AvgIpc) is 2.91. The smallest absolute Gasteiger partial charge is 0.207 e. The number of sulfonamides is 1. The zero-order valence-corrected chi connectivity index (χ0v) is 13.5. The van der Waals surface area contributed by atoms with E-state index in [-0.39, 0.29) is 12.1 Å². The zero-order valence-electron chi connectivity index (χ0n) is 12.7. The van der Waals surface area contributed by atoms with Crippen LogP contribution in [0.2, 0.25) is 0 Å². The summed E-state index contributed by atoms with van der Waals surface area (Å²) < 4.78 is 27.5. The van der Waals surface area contributed by atoms with Crippen molar-refractivity contribution < 1.29 is 8.42 Å². The molecule has 20 heavy (non-hydrogen) atoms. The van der Waals surface area contributed by atoms with Crippen molar-refractivity contribution in [3.63, 3.8) is 0 Å². The van der Waals surface area contributed by atoms with E-state index in [1.54, 1.807) is 16.4 Å². The minimum Gasteiger partial charge on any atom is -0.207 e. The van der Waals surface area contributed by atoms with Crippen LogP contribution in [0.15, 0.2) is 29.2 Å². The molecule has 0 unspecified atom stereocenters. The summed E-state index contributed by atoms with van der Waals surface area (Å²) in [7, 11) is -3.38. The Labute approximate surface area is 123 Å². The van der Waals surface area contributed by atoms with E-state index in [2.05, 4.69) is 6.92 Å². The Hall–Kier alpha value is -0.870. The fourth-order valence-electron chi connectivity index (χ4n) is 3.07. The maximum Gasteiger partial charge on any atom is 0.243 e. The largest absolute Gasteiger partial charge is 0.243 e. The summed E-state index contributed by atoms with van der Waals surface area (Å²) in [5.41, 5.74) is 1.17. The highest BCUT2D eigenvalue weighted by Gasteiger charge is 2.34. The van der Waals surface area contributed by atoms with Gasteiger partial charge in [-0.3, -0.25) is 0 Å². The zero-order chi connectivity index (χ0) is 14.8. The standard InChI is InChI=1S/C16H25NO2S/c1-4-14-9-11-16(12-10-14)20(18,19)17(13(2)3)15-7-5-6-8-15/h9-13,15H,4-8H2,1-3H3. The molecule has 0 spiro atoms. The van der Waals surface area contributed by atoms with Gasteiger partial charge in [0.15, 0.2) is 0 Å². The molecule has 0 radical (unpaired) electrons. The lowest BCUT2D eigenvalue weighted by molar-refractivity contribution is 0.275. The minimum atomic E-state index is -3.38. The second-order valence-electron chi connectivity index (χ2n) is 5.86. The number of aryl methyl sites for hydroxylation is 1. The van der Waals surface area contributed by atoms with E-state index in [1.807, 2.05) is 26.0 Å². The van der Waals surface area contributed by atoms with Gasteiger partial charge in [0.25, 0.3) is 0 Å². The molecule has 0 aromatic heterocycles. The maximum absolute atomic E-state index is 12.9. The summed E-state index contributed by atoms with van der Waals surface area (Å²) >= 11 is 0. The Morgan fingerprint density at radius 2 is 1.70 bits per heavy atom. The van der Waals surface area contributed by atoms with Gasteiger partial charge in [-0.05, 0) is 50.8 Å². The van der Waals surface area contributed by atoms with Crippen molar-refractivity contribution in [2.75, 3.05) is 0 Å². The first-order valence-corrected chi connectivity index (χ1v) is 9.03. The summed E-state index contributed by atoms with van der Waals surface area (Å²) in [6, 6.07) is 7.51. The van der Waals surface area contributed by atoms with Crippen LogP contribution in [0.5, 0.6) is 0 Å². The summed E-state index contributed by atoms with van der Waals surface area (Å²) in [5, 5.41) is 0. The average molecular weight is 295 g/mol. The molecule has 1 saturated carbocycles. The predicted octanol–water partition coefficient (Wildman–Crippen LogP) is 3.59. The fourth-order valence-corrected chi connectivity index (χ4v) is 4.95. The molecule has 1 aromatic rings. The molecule has 1 fully saturated rings. The van der Waals surface area contributed by atoms with E-state index in [1.165, 1.54) is 5.56 Å². The lowest BCUT2D eigenvalue weighted by Crippen LogP contribution is -2.43. The van der Waals surface area contributed by atoms with E-state index < -0.39 is 10.0 Å². The summed E-state index contributed by atoms with van der Waals surface area (Å²) in [5.74, 6) is 0. The molecule has 0 heterocycles. The van der Waals surface area contributed by atoms with Gasteiger partial charge in [0, 0.05) is 12.1 Å². The van der Waals surface area contributed by atoms with Crippen LogP contribution in [0.3, 0.4) is 0 Å². The van der Waals surface area contributed by atoms with Crippen LogP contribution >= 0.6 is 0 Å². The van der Waals surface area contributed by atoms with Gasteiger partial charge in [-0.25, -0.2) is 8.42 Å². The van der Waals surface area contributed by atoms with Crippen molar-refractivity contribution in [3.8, 4) is 0 Å². The van der Waals surface area contributed by atoms with Crippen molar-refractivity contribution in [1.82, 2.24) is 4.31 Å². The van der Waals surface area contributed by atoms with E-state index >= 15 is 0 Å². The lowest BCUT2D eigenvalue weighted by atomic mass is 10.2.